The van der Waals surface area contributed by atoms with Gasteiger partial charge in [-0.3, -0.25) is 10.1 Å². The van der Waals surface area contributed by atoms with Crippen LogP contribution in [0.5, 0.6) is 0 Å². The SMILES string of the molecule is O=[N+]([O-])c1ccccc1-c1ccc2c(c1)nnn2-c1ccccc1. The van der Waals surface area contributed by atoms with E-state index in [1.807, 2.05) is 48.5 Å². The summed E-state index contributed by atoms with van der Waals surface area (Å²) in [6.45, 7) is 0. The van der Waals surface area contributed by atoms with Crippen LogP contribution in [0.1, 0.15) is 0 Å². The lowest BCUT2D eigenvalue weighted by molar-refractivity contribution is -0.384. The monoisotopic (exact) mass is 316 g/mol. The third-order valence-corrected chi connectivity index (χ3v) is 3.86. The number of para-hydroxylation sites is 2. The van der Waals surface area contributed by atoms with E-state index in [2.05, 4.69) is 10.3 Å². The van der Waals surface area contributed by atoms with Crippen molar-refractivity contribution < 1.29 is 4.92 Å². The average molecular weight is 316 g/mol. The van der Waals surface area contributed by atoms with Crippen molar-refractivity contribution in [3.8, 4) is 16.8 Å². The van der Waals surface area contributed by atoms with Gasteiger partial charge in [-0.05, 0) is 35.9 Å². The Morgan fingerprint density at radius 1 is 0.917 bits per heavy atom. The predicted molar refractivity (Wildman–Crippen MR) is 91.0 cm³/mol. The molecule has 0 radical (unpaired) electrons. The molecule has 1 aromatic heterocycles. The molecule has 0 unspecified atom stereocenters. The van der Waals surface area contributed by atoms with Gasteiger partial charge in [0.05, 0.1) is 21.7 Å². The zero-order chi connectivity index (χ0) is 16.5. The Labute approximate surface area is 137 Å². The average Bonchev–Trinajstić information content (AvgIpc) is 3.05. The number of fused-ring (bicyclic) bond motifs is 1. The molecule has 116 valence electrons. The van der Waals surface area contributed by atoms with Crippen molar-refractivity contribution >= 4 is 16.7 Å². The molecule has 6 nitrogen and oxygen atoms in total. The minimum absolute atomic E-state index is 0.0762. The van der Waals surface area contributed by atoms with E-state index in [9.17, 15) is 10.1 Å². The molecule has 0 aliphatic rings. The Bertz CT molecular complexity index is 1040. The van der Waals surface area contributed by atoms with Crippen molar-refractivity contribution in [1.29, 1.82) is 0 Å². The molecule has 0 bridgehead atoms. The second kappa shape index (κ2) is 5.58. The first kappa shape index (κ1) is 14.1. The highest BCUT2D eigenvalue weighted by Crippen LogP contribution is 2.31. The number of rotatable bonds is 3. The molecule has 0 saturated carbocycles. The Morgan fingerprint density at radius 2 is 1.67 bits per heavy atom. The van der Waals surface area contributed by atoms with Crippen molar-refractivity contribution in [1.82, 2.24) is 15.0 Å². The lowest BCUT2D eigenvalue weighted by Crippen LogP contribution is -1.95. The fourth-order valence-corrected chi connectivity index (χ4v) is 2.73. The molecule has 3 aromatic carbocycles. The molecule has 0 spiro atoms. The zero-order valence-corrected chi connectivity index (χ0v) is 12.5. The van der Waals surface area contributed by atoms with E-state index >= 15 is 0 Å². The molecule has 24 heavy (non-hydrogen) atoms. The van der Waals surface area contributed by atoms with Gasteiger partial charge in [0.2, 0.25) is 0 Å². The van der Waals surface area contributed by atoms with Crippen LogP contribution in [0.25, 0.3) is 27.8 Å². The summed E-state index contributed by atoms with van der Waals surface area (Å²) in [5.74, 6) is 0. The number of nitro benzene ring substituents is 1. The number of nitrogens with zero attached hydrogens (tertiary/aromatic N) is 4. The lowest BCUT2D eigenvalue weighted by Gasteiger charge is -2.04. The van der Waals surface area contributed by atoms with Gasteiger partial charge in [0.25, 0.3) is 5.69 Å². The maximum absolute atomic E-state index is 11.2. The zero-order valence-electron chi connectivity index (χ0n) is 12.5. The van der Waals surface area contributed by atoms with Crippen LogP contribution < -0.4 is 0 Å². The molecule has 0 atom stereocenters. The minimum atomic E-state index is -0.375. The van der Waals surface area contributed by atoms with E-state index in [0.717, 1.165) is 16.8 Å². The summed E-state index contributed by atoms with van der Waals surface area (Å²) < 4.78 is 1.75. The van der Waals surface area contributed by atoms with Gasteiger partial charge in [-0.1, -0.05) is 41.6 Å². The number of benzene rings is 3. The van der Waals surface area contributed by atoms with E-state index < -0.39 is 0 Å². The van der Waals surface area contributed by atoms with Gasteiger partial charge in [-0.25, -0.2) is 4.68 Å². The summed E-state index contributed by atoms with van der Waals surface area (Å²) in [4.78, 5) is 10.8. The topological polar surface area (TPSA) is 73.8 Å². The van der Waals surface area contributed by atoms with Gasteiger partial charge in [0, 0.05) is 6.07 Å². The van der Waals surface area contributed by atoms with Crippen molar-refractivity contribution in [2.45, 2.75) is 0 Å². The highest BCUT2D eigenvalue weighted by atomic mass is 16.6. The maximum Gasteiger partial charge on any atom is 0.277 e. The van der Waals surface area contributed by atoms with Crippen LogP contribution in [0, 0.1) is 10.1 Å². The van der Waals surface area contributed by atoms with Crippen molar-refractivity contribution in [2.75, 3.05) is 0 Å². The largest absolute Gasteiger partial charge is 0.277 e. The summed E-state index contributed by atoms with van der Waals surface area (Å²) in [5.41, 5.74) is 3.84. The van der Waals surface area contributed by atoms with E-state index in [1.165, 1.54) is 6.07 Å². The van der Waals surface area contributed by atoms with E-state index in [-0.39, 0.29) is 10.6 Å². The van der Waals surface area contributed by atoms with Gasteiger partial charge in [0.1, 0.15) is 5.52 Å². The van der Waals surface area contributed by atoms with E-state index in [0.29, 0.717) is 11.1 Å². The summed E-state index contributed by atoms with van der Waals surface area (Å²) in [5, 5.41) is 19.6. The third kappa shape index (κ3) is 2.30. The summed E-state index contributed by atoms with van der Waals surface area (Å²) in [6, 6.07) is 21.9. The number of hydrogen-bond donors (Lipinski definition) is 0. The molecular formula is C18H12N4O2. The summed E-state index contributed by atoms with van der Waals surface area (Å²) >= 11 is 0. The number of aromatic nitrogens is 3. The Morgan fingerprint density at radius 3 is 2.46 bits per heavy atom. The van der Waals surface area contributed by atoms with Crippen LogP contribution in [-0.2, 0) is 0 Å². The molecule has 0 amide bonds. The summed E-state index contributed by atoms with van der Waals surface area (Å²) in [7, 11) is 0. The van der Waals surface area contributed by atoms with Gasteiger partial charge in [-0.2, -0.15) is 0 Å². The smallest absolute Gasteiger partial charge is 0.258 e. The normalized spacial score (nSPS) is 10.8. The minimum Gasteiger partial charge on any atom is -0.258 e. The second-order valence-corrected chi connectivity index (χ2v) is 5.31. The molecule has 0 aliphatic heterocycles. The highest BCUT2D eigenvalue weighted by molar-refractivity contribution is 5.85. The first-order valence-corrected chi connectivity index (χ1v) is 7.39. The third-order valence-electron chi connectivity index (χ3n) is 3.86. The van der Waals surface area contributed by atoms with Crippen LogP contribution in [0.15, 0.2) is 72.8 Å². The van der Waals surface area contributed by atoms with Crippen LogP contribution in [0.2, 0.25) is 0 Å². The fourth-order valence-electron chi connectivity index (χ4n) is 2.73. The molecule has 0 saturated heterocycles. The van der Waals surface area contributed by atoms with Crippen molar-refractivity contribution in [3.63, 3.8) is 0 Å². The van der Waals surface area contributed by atoms with Gasteiger partial charge >= 0.3 is 0 Å². The predicted octanol–water partition coefficient (Wildman–Crippen LogP) is 4.00. The molecule has 4 aromatic rings. The molecule has 0 N–H and O–H groups in total. The molecule has 1 heterocycles. The Hall–Kier alpha value is -3.54. The van der Waals surface area contributed by atoms with Gasteiger partial charge < -0.3 is 0 Å². The molecular weight excluding hydrogens is 304 g/mol. The van der Waals surface area contributed by atoms with Gasteiger partial charge in [0.15, 0.2) is 0 Å². The Balaban J connectivity index is 1.86. The molecule has 0 aliphatic carbocycles. The van der Waals surface area contributed by atoms with Crippen molar-refractivity contribution in [2.24, 2.45) is 0 Å². The highest BCUT2D eigenvalue weighted by Gasteiger charge is 2.15. The summed E-state index contributed by atoms with van der Waals surface area (Å²) in [6.07, 6.45) is 0. The van der Waals surface area contributed by atoms with Crippen LogP contribution in [-0.4, -0.2) is 19.9 Å². The fraction of sp³-hybridized carbons (Fsp3) is 0. The number of hydrogen-bond acceptors (Lipinski definition) is 4. The van der Waals surface area contributed by atoms with E-state index in [4.69, 9.17) is 0 Å². The second-order valence-electron chi connectivity index (χ2n) is 5.31. The number of nitro groups is 1. The lowest BCUT2D eigenvalue weighted by atomic mass is 10.0. The first-order valence-electron chi connectivity index (χ1n) is 7.39. The van der Waals surface area contributed by atoms with Crippen LogP contribution in [0.3, 0.4) is 0 Å². The Kier molecular flexibility index (Phi) is 3.28. The first-order chi connectivity index (χ1) is 11.7. The van der Waals surface area contributed by atoms with Crippen LogP contribution in [0.4, 0.5) is 5.69 Å². The van der Waals surface area contributed by atoms with E-state index in [1.54, 1.807) is 22.9 Å². The van der Waals surface area contributed by atoms with Crippen LogP contribution >= 0.6 is 0 Å². The quantitative estimate of drug-likeness (QED) is 0.423. The molecule has 6 heteroatoms. The van der Waals surface area contributed by atoms with Crippen molar-refractivity contribution in [3.05, 3.63) is 82.9 Å². The molecule has 4 rings (SSSR count). The van der Waals surface area contributed by atoms with Gasteiger partial charge in [-0.15, -0.1) is 5.10 Å². The maximum atomic E-state index is 11.2. The molecule has 0 fully saturated rings. The standard InChI is InChI=1S/C18H12N4O2/c23-22(24)17-9-5-4-8-15(17)13-10-11-18-16(12-13)19-20-21(18)14-6-2-1-3-7-14/h1-12H.